The van der Waals surface area contributed by atoms with Crippen LogP contribution in [0.4, 0.5) is 0 Å². The predicted molar refractivity (Wildman–Crippen MR) is 187 cm³/mol. The number of carbonyl (C=O) groups is 3. The van der Waals surface area contributed by atoms with Crippen molar-refractivity contribution in [3.8, 4) is 0 Å². The molecule has 0 heterocycles. The van der Waals surface area contributed by atoms with Crippen LogP contribution in [0.1, 0.15) is 110 Å². The summed E-state index contributed by atoms with van der Waals surface area (Å²) in [5, 5.41) is 9.55. The number of esters is 2. The van der Waals surface area contributed by atoms with Crippen molar-refractivity contribution in [3.63, 3.8) is 0 Å². The molecule has 0 amide bonds. The fourth-order valence-electron chi connectivity index (χ4n) is 4.59. The summed E-state index contributed by atoms with van der Waals surface area (Å²) in [7, 11) is 5.48. The van der Waals surface area contributed by atoms with E-state index < -0.39 is 18.1 Å². The molecule has 46 heavy (non-hydrogen) atoms. The van der Waals surface area contributed by atoms with E-state index in [0.717, 1.165) is 32.1 Å². The molecular weight excluding hydrogens is 582 g/mol. The normalized spacial score (nSPS) is 13.8. The van der Waals surface area contributed by atoms with E-state index in [4.69, 9.17) is 14.2 Å². The standard InChI is InChI=1S/C38H63NO7/c1-6-8-10-12-14-16-17-18-19-21-22-24-26-28-36(40)45-33-34(32-44-31-30-35(38(42)43)39(3,4)5)46-37(41)29-27-25-23-20-15-13-11-9-7-2/h8,10,12,14,16-19,21-22,34-35H,6-7,9,11,13,15,20,23-33H2,1-5H3/p+1/b10-8+,14-12+,17-16+,19-18+,22-21+. The van der Waals surface area contributed by atoms with E-state index in [-0.39, 0.29) is 42.7 Å². The van der Waals surface area contributed by atoms with Crippen LogP contribution < -0.4 is 0 Å². The number of allylic oxidation sites excluding steroid dienone is 10. The van der Waals surface area contributed by atoms with E-state index in [2.05, 4.69) is 19.9 Å². The predicted octanol–water partition coefficient (Wildman–Crippen LogP) is 8.29. The van der Waals surface area contributed by atoms with Crippen molar-refractivity contribution in [3.05, 3.63) is 60.8 Å². The molecule has 1 N–H and O–H groups in total. The van der Waals surface area contributed by atoms with Crippen LogP contribution in [-0.4, -0.2) is 80.6 Å². The molecule has 0 aliphatic rings. The lowest BCUT2D eigenvalue weighted by molar-refractivity contribution is -0.887. The van der Waals surface area contributed by atoms with E-state index in [1.807, 2.05) is 75.8 Å². The summed E-state index contributed by atoms with van der Waals surface area (Å²) in [6.45, 7) is 4.45. The van der Waals surface area contributed by atoms with Gasteiger partial charge in [-0.15, -0.1) is 0 Å². The number of rotatable bonds is 29. The minimum absolute atomic E-state index is 0.0367. The number of hydrogen-bond donors (Lipinski definition) is 1. The van der Waals surface area contributed by atoms with Gasteiger partial charge in [0.25, 0.3) is 0 Å². The minimum atomic E-state index is -0.889. The molecule has 0 aromatic rings. The molecule has 0 saturated carbocycles. The van der Waals surface area contributed by atoms with Crippen LogP contribution in [0.15, 0.2) is 60.8 Å². The van der Waals surface area contributed by atoms with Crippen LogP contribution in [0.2, 0.25) is 0 Å². The molecular formula is C38H64NO7+. The van der Waals surface area contributed by atoms with Crippen LogP contribution in [-0.2, 0) is 28.6 Å². The average molecular weight is 647 g/mol. The maximum atomic E-state index is 12.6. The van der Waals surface area contributed by atoms with Crippen molar-refractivity contribution >= 4 is 17.9 Å². The van der Waals surface area contributed by atoms with Gasteiger partial charge in [0.1, 0.15) is 6.61 Å². The molecule has 0 bridgehead atoms. The van der Waals surface area contributed by atoms with Crippen LogP contribution in [0.5, 0.6) is 0 Å². The first-order chi connectivity index (χ1) is 22.1. The highest BCUT2D eigenvalue weighted by molar-refractivity contribution is 5.72. The molecule has 2 unspecified atom stereocenters. The summed E-state index contributed by atoms with van der Waals surface area (Å²) in [6.07, 6.45) is 32.8. The Morgan fingerprint density at radius 1 is 0.674 bits per heavy atom. The van der Waals surface area contributed by atoms with Gasteiger partial charge in [-0.1, -0.05) is 126 Å². The summed E-state index contributed by atoms with van der Waals surface area (Å²) in [5.41, 5.74) is 0. The lowest BCUT2D eigenvalue weighted by Gasteiger charge is -2.31. The number of hydrogen-bond acceptors (Lipinski definition) is 6. The van der Waals surface area contributed by atoms with Gasteiger partial charge >= 0.3 is 17.9 Å². The number of aliphatic carboxylic acids is 1. The number of carboxylic acid groups (broad SMARTS) is 1. The molecule has 0 spiro atoms. The monoisotopic (exact) mass is 646 g/mol. The first kappa shape index (κ1) is 43.0. The van der Waals surface area contributed by atoms with Gasteiger partial charge in [0.2, 0.25) is 0 Å². The van der Waals surface area contributed by atoms with Crippen molar-refractivity contribution in [1.29, 1.82) is 0 Å². The van der Waals surface area contributed by atoms with E-state index in [0.29, 0.717) is 19.3 Å². The highest BCUT2D eigenvalue weighted by Crippen LogP contribution is 2.12. The van der Waals surface area contributed by atoms with Gasteiger partial charge in [-0.05, 0) is 25.7 Å². The Kier molecular flexibility index (Phi) is 27.5. The highest BCUT2D eigenvalue weighted by Gasteiger charge is 2.31. The summed E-state index contributed by atoms with van der Waals surface area (Å²) >= 11 is 0. The second-order valence-electron chi connectivity index (χ2n) is 12.5. The zero-order chi connectivity index (χ0) is 34.3. The van der Waals surface area contributed by atoms with Crippen molar-refractivity contribution in [2.24, 2.45) is 0 Å². The maximum absolute atomic E-state index is 12.6. The molecule has 0 fully saturated rings. The molecule has 0 radical (unpaired) electrons. The van der Waals surface area contributed by atoms with Gasteiger partial charge in [-0.2, -0.15) is 0 Å². The minimum Gasteiger partial charge on any atom is -0.477 e. The first-order valence-electron chi connectivity index (χ1n) is 17.4. The Morgan fingerprint density at radius 3 is 1.78 bits per heavy atom. The van der Waals surface area contributed by atoms with Crippen LogP contribution in [0, 0.1) is 0 Å². The number of unbranched alkanes of at least 4 members (excludes halogenated alkanes) is 9. The third-order valence-electron chi connectivity index (χ3n) is 7.31. The van der Waals surface area contributed by atoms with Gasteiger partial charge in [0.05, 0.1) is 34.4 Å². The summed E-state index contributed by atoms with van der Waals surface area (Å²) in [5.74, 6) is -1.58. The molecule has 2 atom stereocenters. The topological polar surface area (TPSA) is 99.1 Å². The third-order valence-corrected chi connectivity index (χ3v) is 7.31. The fourth-order valence-corrected chi connectivity index (χ4v) is 4.59. The summed E-state index contributed by atoms with van der Waals surface area (Å²) in [6, 6.07) is -0.624. The van der Waals surface area contributed by atoms with Crippen LogP contribution in [0.25, 0.3) is 0 Å². The zero-order valence-electron chi connectivity index (χ0n) is 29.5. The molecule has 0 saturated heterocycles. The van der Waals surface area contributed by atoms with Crippen molar-refractivity contribution in [2.45, 2.75) is 122 Å². The van der Waals surface area contributed by atoms with Crippen molar-refractivity contribution in [1.82, 2.24) is 0 Å². The largest absolute Gasteiger partial charge is 0.477 e. The molecule has 8 nitrogen and oxygen atoms in total. The zero-order valence-corrected chi connectivity index (χ0v) is 29.5. The molecule has 0 rings (SSSR count). The Morgan fingerprint density at radius 2 is 1.22 bits per heavy atom. The first-order valence-corrected chi connectivity index (χ1v) is 17.4. The van der Waals surface area contributed by atoms with E-state index >= 15 is 0 Å². The quantitative estimate of drug-likeness (QED) is 0.0378. The lowest BCUT2D eigenvalue weighted by atomic mass is 10.1. The molecule has 0 aliphatic heterocycles. The van der Waals surface area contributed by atoms with Crippen LogP contribution in [0.3, 0.4) is 0 Å². The Hall–Kier alpha value is -2.97. The highest BCUT2D eigenvalue weighted by atomic mass is 16.6. The van der Waals surface area contributed by atoms with Crippen LogP contribution >= 0.6 is 0 Å². The van der Waals surface area contributed by atoms with Crippen molar-refractivity contribution < 1.29 is 38.2 Å². The Bertz CT molecular complexity index is 943. The van der Waals surface area contributed by atoms with Gasteiger partial charge in [0, 0.05) is 19.3 Å². The van der Waals surface area contributed by atoms with Gasteiger partial charge < -0.3 is 23.8 Å². The number of carbonyl (C=O) groups excluding carboxylic acids is 2. The lowest BCUT2D eigenvalue weighted by Crippen LogP contribution is -2.50. The Labute approximate surface area is 279 Å². The van der Waals surface area contributed by atoms with Crippen molar-refractivity contribution in [2.75, 3.05) is 41.0 Å². The van der Waals surface area contributed by atoms with Gasteiger partial charge in [-0.3, -0.25) is 9.59 Å². The number of quaternary nitrogens is 1. The van der Waals surface area contributed by atoms with Gasteiger partial charge in [0.15, 0.2) is 12.1 Å². The van der Waals surface area contributed by atoms with E-state index in [9.17, 15) is 19.5 Å². The summed E-state index contributed by atoms with van der Waals surface area (Å²) in [4.78, 5) is 36.6. The summed E-state index contributed by atoms with van der Waals surface area (Å²) < 4.78 is 17.0. The third kappa shape index (κ3) is 27.3. The maximum Gasteiger partial charge on any atom is 0.362 e. The molecule has 262 valence electrons. The fraction of sp³-hybridized carbons (Fsp3) is 0.658. The van der Waals surface area contributed by atoms with Gasteiger partial charge in [-0.25, -0.2) is 4.79 Å². The Balaban J connectivity index is 4.61. The molecule has 0 aliphatic carbocycles. The molecule has 0 aromatic carbocycles. The average Bonchev–Trinajstić information content (AvgIpc) is 3.00. The van der Waals surface area contributed by atoms with E-state index in [1.54, 1.807) is 0 Å². The van der Waals surface area contributed by atoms with E-state index in [1.165, 1.54) is 38.5 Å². The number of likely N-dealkylation sites (N-methyl/N-ethyl adjacent to an activating group) is 1. The molecule has 0 aromatic heterocycles. The number of ether oxygens (including phenoxy) is 3. The molecule has 8 heteroatoms. The second kappa shape index (κ2) is 29.4. The second-order valence-corrected chi connectivity index (χ2v) is 12.5. The SMILES string of the molecule is CC/C=C/C=C/C=C/C=C/C=C/CCCC(=O)OCC(COCCC(C(=O)O)[N+](C)(C)C)OC(=O)CCCCCCCCCCC. The number of carboxylic acids is 1. The smallest absolute Gasteiger partial charge is 0.362 e. The number of nitrogens with zero attached hydrogens (tertiary/aromatic N) is 1.